The number of rotatable bonds is 3. The number of aryl methyl sites for hydroxylation is 1. The second-order valence-electron chi connectivity index (χ2n) is 6.08. The summed E-state index contributed by atoms with van der Waals surface area (Å²) < 4.78 is 0. The number of aliphatic hydroxyl groups is 1. The lowest BCUT2D eigenvalue weighted by molar-refractivity contribution is 0.0265. The number of carbonyl (C=O) groups excluding carboxylic acids is 1. The minimum Gasteiger partial charge on any atom is -0.393 e. The molecule has 1 amide bonds. The molecule has 1 aromatic rings. The van der Waals surface area contributed by atoms with Crippen molar-refractivity contribution in [3.05, 3.63) is 29.3 Å². The molecule has 1 fully saturated rings. The maximum Gasteiger partial charge on any atom is 0.253 e. The molecule has 0 spiro atoms. The van der Waals surface area contributed by atoms with Crippen molar-refractivity contribution in [2.24, 2.45) is 5.92 Å². The Kier molecular flexibility index (Phi) is 3.66. The molecule has 4 heteroatoms. The van der Waals surface area contributed by atoms with Gasteiger partial charge in [-0.05, 0) is 55.4 Å². The van der Waals surface area contributed by atoms with Gasteiger partial charge in [0.15, 0.2) is 0 Å². The van der Waals surface area contributed by atoms with Crippen LogP contribution in [0.25, 0.3) is 0 Å². The van der Waals surface area contributed by atoms with Crippen molar-refractivity contribution in [3.8, 4) is 0 Å². The van der Waals surface area contributed by atoms with E-state index in [2.05, 4.69) is 5.32 Å². The largest absolute Gasteiger partial charge is 0.393 e. The highest BCUT2D eigenvalue weighted by Gasteiger charge is 2.29. The Labute approximate surface area is 119 Å². The van der Waals surface area contributed by atoms with Crippen LogP contribution in [0.5, 0.6) is 0 Å². The SMILES string of the molecule is CN(CC1CC(O)C1)C(=O)c1ccc2c(c1)CCCN2. The fourth-order valence-electron chi connectivity index (χ4n) is 3.15. The van der Waals surface area contributed by atoms with E-state index in [1.165, 1.54) is 5.56 Å². The molecule has 0 radical (unpaired) electrons. The van der Waals surface area contributed by atoms with Crippen LogP contribution in [0.3, 0.4) is 0 Å². The number of aliphatic hydroxyl groups excluding tert-OH is 1. The van der Waals surface area contributed by atoms with Crippen molar-refractivity contribution < 1.29 is 9.90 Å². The van der Waals surface area contributed by atoms with E-state index in [1.54, 1.807) is 4.90 Å². The van der Waals surface area contributed by atoms with Crippen molar-refractivity contribution in [2.75, 3.05) is 25.5 Å². The highest BCUT2D eigenvalue weighted by atomic mass is 16.3. The van der Waals surface area contributed by atoms with Gasteiger partial charge in [-0.3, -0.25) is 4.79 Å². The van der Waals surface area contributed by atoms with E-state index in [-0.39, 0.29) is 12.0 Å². The summed E-state index contributed by atoms with van der Waals surface area (Å²) in [7, 11) is 1.85. The molecule has 2 N–H and O–H groups in total. The molecule has 1 aromatic carbocycles. The van der Waals surface area contributed by atoms with Gasteiger partial charge in [0.2, 0.25) is 0 Å². The lowest BCUT2D eigenvalue weighted by Crippen LogP contribution is -2.39. The number of hydrogen-bond acceptors (Lipinski definition) is 3. The first-order chi connectivity index (χ1) is 9.63. The van der Waals surface area contributed by atoms with Crippen molar-refractivity contribution >= 4 is 11.6 Å². The van der Waals surface area contributed by atoms with Crippen molar-refractivity contribution in [3.63, 3.8) is 0 Å². The molecule has 1 saturated carbocycles. The first kappa shape index (κ1) is 13.4. The maximum absolute atomic E-state index is 12.4. The summed E-state index contributed by atoms with van der Waals surface area (Å²) in [5.41, 5.74) is 3.18. The second-order valence-corrected chi connectivity index (χ2v) is 6.08. The summed E-state index contributed by atoms with van der Waals surface area (Å²) in [4.78, 5) is 14.2. The van der Waals surface area contributed by atoms with Gasteiger partial charge in [0.25, 0.3) is 5.91 Å². The molecule has 4 nitrogen and oxygen atoms in total. The summed E-state index contributed by atoms with van der Waals surface area (Å²) in [6.07, 6.45) is 3.66. The predicted octanol–water partition coefficient (Wildman–Crippen LogP) is 1.89. The predicted molar refractivity (Wildman–Crippen MR) is 78.9 cm³/mol. The number of carbonyl (C=O) groups is 1. The van der Waals surface area contributed by atoms with E-state index < -0.39 is 0 Å². The van der Waals surface area contributed by atoms with E-state index in [1.807, 2.05) is 25.2 Å². The van der Waals surface area contributed by atoms with Gasteiger partial charge in [0, 0.05) is 31.4 Å². The van der Waals surface area contributed by atoms with Crippen LogP contribution >= 0.6 is 0 Å². The molecule has 1 aliphatic heterocycles. The minimum atomic E-state index is -0.154. The molecule has 1 aliphatic carbocycles. The number of amides is 1. The summed E-state index contributed by atoms with van der Waals surface area (Å²) in [5.74, 6) is 0.540. The quantitative estimate of drug-likeness (QED) is 0.885. The number of hydrogen-bond donors (Lipinski definition) is 2. The van der Waals surface area contributed by atoms with Gasteiger partial charge in [-0.25, -0.2) is 0 Å². The molecule has 0 saturated heterocycles. The molecule has 0 atom stereocenters. The van der Waals surface area contributed by atoms with E-state index in [4.69, 9.17) is 0 Å². The molecule has 108 valence electrons. The molecular weight excluding hydrogens is 252 g/mol. The molecule has 2 aliphatic rings. The fourth-order valence-corrected chi connectivity index (χ4v) is 3.15. The first-order valence-electron chi connectivity index (χ1n) is 7.44. The van der Waals surface area contributed by atoms with Crippen LogP contribution in [-0.4, -0.2) is 42.2 Å². The standard InChI is InChI=1S/C16H22N2O2/c1-18(10-11-7-14(19)8-11)16(20)13-4-5-15-12(9-13)3-2-6-17-15/h4-5,9,11,14,17,19H,2-3,6-8,10H2,1H3. The number of nitrogens with zero attached hydrogens (tertiary/aromatic N) is 1. The zero-order chi connectivity index (χ0) is 14.1. The highest BCUT2D eigenvalue weighted by molar-refractivity contribution is 5.94. The Morgan fingerprint density at radius 2 is 2.25 bits per heavy atom. The number of fused-ring (bicyclic) bond motifs is 1. The van der Waals surface area contributed by atoms with E-state index >= 15 is 0 Å². The Balaban J connectivity index is 1.67. The van der Waals surface area contributed by atoms with E-state index in [0.717, 1.165) is 50.0 Å². The smallest absolute Gasteiger partial charge is 0.253 e. The van der Waals surface area contributed by atoms with Crippen molar-refractivity contribution in [2.45, 2.75) is 31.8 Å². The van der Waals surface area contributed by atoms with Crippen LogP contribution < -0.4 is 5.32 Å². The Hall–Kier alpha value is -1.55. The maximum atomic E-state index is 12.4. The summed E-state index contributed by atoms with van der Waals surface area (Å²) >= 11 is 0. The lowest BCUT2D eigenvalue weighted by Gasteiger charge is -2.34. The number of nitrogens with one attached hydrogen (secondary N) is 1. The first-order valence-corrected chi connectivity index (χ1v) is 7.44. The second kappa shape index (κ2) is 5.44. The zero-order valence-electron chi connectivity index (χ0n) is 11.9. The van der Waals surface area contributed by atoms with Crippen LogP contribution in [0.4, 0.5) is 5.69 Å². The van der Waals surface area contributed by atoms with Gasteiger partial charge >= 0.3 is 0 Å². The van der Waals surface area contributed by atoms with Crippen molar-refractivity contribution in [1.29, 1.82) is 0 Å². The fraction of sp³-hybridized carbons (Fsp3) is 0.562. The third kappa shape index (κ3) is 2.66. The van der Waals surface area contributed by atoms with Gasteiger partial charge in [0.05, 0.1) is 6.10 Å². The Bertz CT molecular complexity index is 509. The molecule has 3 rings (SSSR count). The Morgan fingerprint density at radius 3 is 3.00 bits per heavy atom. The number of anilines is 1. The van der Waals surface area contributed by atoms with Crippen LogP contribution in [0.1, 0.15) is 35.2 Å². The van der Waals surface area contributed by atoms with Crippen molar-refractivity contribution in [1.82, 2.24) is 4.90 Å². The van der Waals surface area contributed by atoms with Gasteiger partial charge < -0.3 is 15.3 Å². The van der Waals surface area contributed by atoms with Crippen LogP contribution in [0, 0.1) is 5.92 Å². The van der Waals surface area contributed by atoms with E-state index in [0.29, 0.717) is 5.92 Å². The monoisotopic (exact) mass is 274 g/mol. The molecule has 0 aromatic heterocycles. The van der Waals surface area contributed by atoms with Crippen LogP contribution in [-0.2, 0) is 6.42 Å². The minimum absolute atomic E-state index is 0.0831. The molecule has 0 bridgehead atoms. The summed E-state index contributed by atoms with van der Waals surface area (Å²) in [6, 6.07) is 5.95. The molecule has 0 unspecified atom stereocenters. The summed E-state index contributed by atoms with van der Waals surface area (Å²) in [5, 5.41) is 12.7. The van der Waals surface area contributed by atoms with Gasteiger partial charge in [0.1, 0.15) is 0 Å². The van der Waals surface area contributed by atoms with Crippen LogP contribution in [0.15, 0.2) is 18.2 Å². The van der Waals surface area contributed by atoms with E-state index in [9.17, 15) is 9.90 Å². The van der Waals surface area contributed by atoms with Gasteiger partial charge in [-0.15, -0.1) is 0 Å². The average molecular weight is 274 g/mol. The molecule has 20 heavy (non-hydrogen) atoms. The topological polar surface area (TPSA) is 52.6 Å². The normalized spacial score (nSPS) is 24.3. The lowest BCUT2D eigenvalue weighted by atomic mass is 9.82. The summed E-state index contributed by atoms with van der Waals surface area (Å²) in [6.45, 7) is 1.76. The average Bonchev–Trinajstić information content (AvgIpc) is 2.44. The molecular formula is C16H22N2O2. The highest BCUT2D eigenvalue weighted by Crippen LogP contribution is 2.28. The van der Waals surface area contributed by atoms with Gasteiger partial charge in [-0.2, -0.15) is 0 Å². The molecule has 1 heterocycles. The zero-order valence-corrected chi connectivity index (χ0v) is 11.9. The number of benzene rings is 1. The van der Waals surface area contributed by atoms with Gasteiger partial charge in [-0.1, -0.05) is 0 Å². The third-order valence-electron chi connectivity index (χ3n) is 4.38. The Morgan fingerprint density at radius 1 is 1.45 bits per heavy atom. The van der Waals surface area contributed by atoms with Crippen LogP contribution in [0.2, 0.25) is 0 Å². The third-order valence-corrected chi connectivity index (χ3v) is 4.38.